The Morgan fingerprint density at radius 3 is 2.45 bits per heavy atom. The minimum Gasteiger partial charge on any atom is -0.464 e. The van der Waals surface area contributed by atoms with E-state index >= 15 is 0 Å². The van der Waals surface area contributed by atoms with Crippen LogP contribution >= 0.6 is 24.0 Å². The maximum atomic E-state index is 12.5. The summed E-state index contributed by atoms with van der Waals surface area (Å²) in [4.78, 5) is 25.3. The molecular weight excluding hydrogens is 318 g/mol. The summed E-state index contributed by atoms with van der Waals surface area (Å²) in [7, 11) is 0. The zero-order valence-corrected chi connectivity index (χ0v) is 15.8. The van der Waals surface area contributed by atoms with Gasteiger partial charge in [-0.25, -0.2) is 4.79 Å². The molecule has 0 saturated carbocycles. The monoisotopic (exact) mass is 347 g/mol. The molecular formula is C16H29NO3S2. The van der Waals surface area contributed by atoms with E-state index in [0.717, 1.165) is 29.9 Å². The number of rotatable bonds is 12. The third-order valence-electron chi connectivity index (χ3n) is 3.31. The second-order valence-corrected chi connectivity index (χ2v) is 7.02. The summed E-state index contributed by atoms with van der Waals surface area (Å²) < 4.78 is 5.06. The highest BCUT2D eigenvalue weighted by Gasteiger charge is 2.26. The van der Waals surface area contributed by atoms with Crippen LogP contribution in [0.15, 0.2) is 0 Å². The van der Waals surface area contributed by atoms with Gasteiger partial charge in [-0.3, -0.25) is 4.79 Å². The Hall–Kier alpha value is -0.620. The molecule has 0 aromatic heterocycles. The number of thiocarbonyl (C=S) groups is 1. The molecule has 1 N–H and O–H groups in total. The van der Waals surface area contributed by atoms with Crippen molar-refractivity contribution in [2.75, 3.05) is 18.6 Å². The summed E-state index contributed by atoms with van der Waals surface area (Å²) in [6, 6.07) is -0.561. The van der Waals surface area contributed by atoms with E-state index in [1.807, 2.05) is 13.2 Å². The highest BCUT2D eigenvalue weighted by Crippen LogP contribution is 2.15. The molecule has 0 heterocycles. The summed E-state index contributed by atoms with van der Waals surface area (Å²) in [6.45, 7) is 6.05. The second-order valence-electron chi connectivity index (χ2n) is 5.34. The lowest BCUT2D eigenvalue weighted by Crippen LogP contribution is -2.45. The molecule has 0 rings (SSSR count). The van der Waals surface area contributed by atoms with Gasteiger partial charge < -0.3 is 10.1 Å². The van der Waals surface area contributed by atoms with Gasteiger partial charge in [0.05, 0.1) is 6.61 Å². The number of ether oxygens (including phenoxy) is 1. The molecule has 128 valence electrons. The topological polar surface area (TPSA) is 55.4 Å². The van der Waals surface area contributed by atoms with Crippen molar-refractivity contribution in [3.05, 3.63) is 0 Å². The molecule has 4 nitrogen and oxygen atoms in total. The number of thioether (sulfide) groups is 1. The van der Waals surface area contributed by atoms with Gasteiger partial charge in [0, 0.05) is 5.92 Å². The normalized spacial score (nSPS) is 13.3. The molecule has 0 radical (unpaired) electrons. The van der Waals surface area contributed by atoms with E-state index in [4.69, 9.17) is 17.0 Å². The predicted octanol–water partition coefficient (Wildman–Crippen LogP) is 3.37. The Kier molecular flexibility index (Phi) is 12.5. The number of hydrogen-bond donors (Lipinski definition) is 1. The molecule has 0 fully saturated rings. The number of hydrogen-bond acceptors (Lipinski definition) is 5. The fraction of sp³-hybridized carbons (Fsp3) is 0.812. The Bertz CT molecular complexity index is 361. The fourth-order valence-electron chi connectivity index (χ4n) is 2.14. The molecule has 0 aliphatic carbocycles. The zero-order chi connectivity index (χ0) is 17.0. The van der Waals surface area contributed by atoms with Crippen molar-refractivity contribution in [3.63, 3.8) is 0 Å². The van der Waals surface area contributed by atoms with Gasteiger partial charge in [-0.2, -0.15) is 11.8 Å². The minimum absolute atomic E-state index is 0.0863. The van der Waals surface area contributed by atoms with Gasteiger partial charge in [-0.15, -0.1) is 0 Å². The number of carbonyl (C=O) groups is 2. The summed E-state index contributed by atoms with van der Waals surface area (Å²) in [5.74, 6) is 0.217. The van der Waals surface area contributed by atoms with Crippen molar-refractivity contribution >= 4 is 40.7 Å². The standard InChI is InChI=1S/C16H29NO3S2/c1-5-7-8-13(11-12(3)21)15(18)17-14(9-10-22-4)16(19)20-6-2/h13-14H,5-11H2,1-4H3,(H,17,18)/t13?,14-/m0/s1. The minimum atomic E-state index is -0.561. The smallest absolute Gasteiger partial charge is 0.328 e. The third-order valence-corrected chi connectivity index (χ3v) is 4.12. The van der Waals surface area contributed by atoms with Crippen LogP contribution in [-0.2, 0) is 14.3 Å². The van der Waals surface area contributed by atoms with Crippen LogP contribution in [0.2, 0.25) is 0 Å². The lowest BCUT2D eigenvalue weighted by Gasteiger charge is -2.21. The van der Waals surface area contributed by atoms with Crippen LogP contribution in [0.3, 0.4) is 0 Å². The van der Waals surface area contributed by atoms with Crippen LogP contribution < -0.4 is 5.32 Å². The van der Waals surface area contributed by atoms with Gasteiger partial charge in [0.1, 0.15) is 6.04 Å². The van der Waals surface area contributed by atoms with Crippen molar-refractivity contribution in [3.8, 4) is 0 Å². The fourth-order valence-corrected chi connectivity index (χ4v) is 2.81. The maximum absolute atomic E-state index is 12.5. The molecule has 6 heteroatoms. The highest BCUT2D eigenvalue weighted by molar-refractivity contribution is 7.98. The molecule has 0 aromatic rings. The van der Waals surface area contributed by atoms with Gasteiger partial charge in [0.15, 0.2) is 0 Å². The number of esters is 1. The lowest BCUT2D eigenvalue weighted by molar-refractivity contribution is -0.147. The van der Waals surface area contributed by atoms with Gasteiger partial charge in [-0.05, 0) is 50.0 Å². The Morgan fingerprint density at radius 1 is 1.27 bits per heavy atom. The largest absolute Gasteiger partial charge is 0.464 e. The van der Waals surface area contributed by atoms with Crippen molar-refractivity contribution in [1.82, 2.24) is 5.32 Å². The zero-order valence-electron chi connectivity index (χ0n) is 14.1. The molecule has 1 amide bonds. The molecule has 0 aliphatic heterocycles. The molecule has 22 heavy (non-hydrogen) atoms. The van der Waals surface area contributed by atoms with Crippen LogP contribution in [0.25, 0.3) is 0 Å². The molecule has 2 atom stereocenters. The quantitative estimate of drug-likeness (QED) is 0.433. The number of amides is 1. The van der Waals surface area contributed by atoms with Gasteiger partial charge in [0.2, 0.25) is 5.91 Å². The summed E-state index contributed by atoms with van der Waals surface area (Å²) in [5, 5.41) is 2.86. The predicted molar refractivity (Wildman–Crippen MR) is 97.5 cm³/mol. The van der Waals surface area contributed by atoms with Crippen LogP contribution in [0, 0.1) is 5.92 Å². The van der Waals surface area contributed by atoms with Crippen LogP contribution in [0.5, 0.6) is 0 Å². The third kappa shape index (κ3) is 9.41. The Labute approximate surface area is 144 Å². The summed E-state index contributed by atoms with van der Waals surface area (Å²) in [6.07, 6.45) is 5.98. The van der Waals surface area contributed by atoms with Crippen molar-refractivity contribution in [2.24, 2.45) is 5.92 Å². The van der Waals surface area contributed by atoms with Crippen molar-refractivity contribution in [1.29, 1.82) is 0 Å². The molecule has 0 aromatic carbocycles. The van der Waals surface area contributed by atoms with E-state index in [-0.39, 0.29) is 17.8 Å². The van der Waals surface area contributed by atoms with Crippen LogP contribution in [0.4, 0.5) is 0 Å². The first kappa shape index (κ1) is 21.4. The van der Waals surface area contributed by atoms with Gasteiger partial charge >= 0.3 is 5.97 Å². The molecule has 0 aliphatic rings. The van der Waals surface area contributed by atoms with Gasteiger partial charge in [0.25, 0.3) is 0 Å². The Balaban J connectivity index is 4.76. The number of nitrogens with one attached hydrogen (secondary N) is 1. The first-order valence-corrected chi connectivity index (χ1v) is 9.71. The first-order chi connectivity index (χ1) is 10.5. The molecule has 0 spiro atoms. The van der Waals surface area contributed by atoms with E-state index in [1.165, 1.54) is 0 Å². The molecule has 1 unspecified atom stereocenters. The first-order valence-electron chi connectivity index (χ1n) is 7.91. The maximum Gasteiger partial charge on any atom is 0.328 e. The van der Waals surface area contributed by atoms with Crippen molar-refractivity contribution < 1.29 is 14.3 Å². The average Bonchev–Trinajstić information content (AvgIpc) is 2.47. The van der Waals surface area contributed by atoms with Gasteiger partial charge in [-0.1, -0.05) is 32.0 Å². The SMILES string of the molecule is CCCCC(CC(C)=S)C(=O)N[C@@H](CCSC)C(=O)OCC. The summed E-state index contributed by atoms with van der Waals surface area (Å²) >= 11 is 6.79. The van der Waals surface area contributed by atoms with Crippen LogP contribution in [-0.4, -0.2) is 41.4 Å². The lowest BCUT2D eigenvalue weighted by atomic mass is 9.95. The Morgan fingerprint density at radius 2 is 1.95 bits per heavy atom. The van der Waals surface area contributed by atoms with E-state index in [2.05, 4.69) is 12.2 Å². The second kappa shape index (κ2) is 12.9. The number of carbonyl (C=O) groups excluding carboxylic acids is 2. The van der Waals surface area contributed by atoms with E-state index in [0.29, 0.717) is 19.4 Å². The van der Waals surface area contributed by atoms with Crippen molar-refractivity contribution in [2.45, 2.75) is 58.9 Å². The van der Waals surface area contributed by atoms with E-state index < -0.39 is 6.04 Å². The molecule has 0 saturated heterocycles. The van der Waals surface area contributed by atoms with Crippen LogP contribution in [0.1, 0.15) is 52.9 Å². The van der Waals surface area contributed by atoms with E-state index in [1.54, 1.807) is 18.7 Å². The summed E-state index contributed by atoms with van der Waals surface area (Å²) in [5.41, 5.74) is 0. The highest BCUT2D eigenvalue weighted by atomic mass is 32.2. The number of unbranched alkanes of at least 4 members (excludes halogenated alkanes) is 1. The van der Waals surface area contributed by atoms with E-state index in [9.17, 15) is 9.59 Å². The molecule has 0 bridgehead atoms. The average molecular weight is 348 g/mol.